The first kappa shape index (κ1) is 14.8. The zero-order valence-electron chi connectivity index (χ0n) is 11.2. The van der Waals surface area contributed by atoms with Gasteiger partial charge < -0.3 is 14.8 Å². The Balaban J connectivity index is 2.03. The number of carbonyl (C=O) groups excluding carboxylic acids is 1. The van der Waals surface area contributed by atoms with Gasteiger partial charge in [0, 0.05) is 24.1 Å². The Hall–Kier alpha value is -2.58. The van der Waals surface area contributed by atoms with Crippen LogP contribution in [0.1, 0.15) is 27.9 Å². The molecule has 0 spiro atoms. The maximum absolute atomic E-state index is 13.9. The smallest absolute Gasteiger partial charge is 0.254 e. The van der Waals surface area contributed by atoms with Crippen LogP contribution in [0.5, 0.6) is 0 Å². The number of benzene rings is 1. The van der Waals surface area contributed by atoms with Gasteiger partial charge in [0.1, 0.15) is 5.82 Å². The fourth-order valence-corrected chi connectivity index (χ4v) is 1.67. The standard InChI is InChI=1S/C16H14FNO3/c17-15-9-12(3-1-2-7-19)4-5-14(15)16(20)18-10-13-6-8-21-11-13/h4-6,8-9,11,19H,2,7,10H2,(H,18,20). The third-order valence-electron chi connectivity index (χ3n) is 2.72. The van der Waals surface area contributed by atoms with Crippen LogP contribution in [0, 0.1) is 17.7 Å². The van der Waals surface area contributed by atoms with Gasteiger partial charge in [0.15, 0.2) is 0 Å². The van der Waals surface area contributed by atoms with Gasteiger partial charge in [-0.05, 0) is 24.3 Å². The summed E-state index contributed by atoms with van der Waals surface area (Å²) in [6.45, 7) is 0.233. The van der Waals surface area contributed by atoms with Crippen LogP contribution in [-0.4, -0.2) is 17.6 Å². The summed E-state index contributed by atoms with van der Waals surface area (Å²) in [4.78, 5) is 11.9. The van der Waals surface area contributed by atoms with Gasteiger partial charge in [-0.25, -0.2) is 4.39 Å². The fourth-order valence-electron chi connectivity index (χ4n) is 1.67. The predicted molar refractivity (Wildman–Crippen MR) is 74.9 cm³/mol. The van der Waals surface area contributed by atoms with E-state index in [1.165, 1.54) is 24.7 Å². The average molecular weight is 287 g/mol. The van der Waals surface area contributed by atoms with Crippen molar-refractivity contribution in [3.63, 3.8) is 0 Å². The largest absolute Gasteiger partial charge is 0.472 e. The Bertz CT molecular complexity index is 669. The van der Waals surface area contributed by atoms with Gasteiger partial charge in [-0.2, -0.15) is 0 Å². The number of carbonyl (C=O) groups is 1. The second-order valence-electron chi connectivity index (χ2n) is 4.28. The van der Waals surface area contributed by atoms with Crippen LogP contribution in [0.15, 0.2) is 41.2 Å². The highest BCUT2D eigenvalue weighted by Crippen LogP contribution is 2.10. The molecule has 5 heteroatoms. The van der Waals surface area contributed by atoms with Crippen LogP contribution in [0.25, 0.3) is 0 Å². The first-order valence-corrected chi connectivity index (χ1v) is 6.39. The van der Waals surface area contributed by atoms with Crippen LogP contribution in [0.4, 0.5) is 4.39 Å². The lowest BCUT2D eigenvalue weighted by Gasteiger charge is -2.05. The van der Waals surface area contributed by atoms with Crippen molar-refractivity contribution in [2.75, 3.05) is 6.61 Å². The maximum atomic E-state index is 13.9. The van der Waals surface area contributed by atoms with E-state index in [0.717, 1.165) is 5.56 Å². The van der Waals surface area contributed by atoms with E-state index in [1.54, 1.807) is 12.1 Å². The van der Waals surface area contributed by atoms with Gasteiger partial charge in [-0.15, -0.1) is 0 Å². The molecule has 0 radical (unpaired) electrons. The molecule has 1 heterocycles. The minimum Gasteiger partial charge on any atom is -0.472 e. The predicted octanol–water partition coefficient (Wildman–Crippen LogP) is 2.08. The highest BCUT2D eigenvalue weighted by Gasteiger charge is 2.11. The highest BCUT2D eigenvalue weighted by molar-refractivity contribution is 5.94. The van der Waals surface area contributed by atoms with E-state index in [4.69, 9.17) is 9.52 Å². The van der Waals surface area contributed by atoms with Crippen molar-refractivity contribution in [1.82, 2.24) is 5.32 Å². The molecule has 1 aromatic carbocycles. The zero-order chi connectivity index (χ0) is 15.1. The van der Waals surface area contributed by atoms with Crippen LogP contribution in [0.2, 0.25) is 0 Å². The molecule has 2 aromatic rings. The number of hydrogen-bond donors (Lipinski definition) is 2. The number of aliphatic hydroxyl groups excluding tert-OH is 1. The molecule has 4 nitrogen and oxygen atoms in total. The lowest BCUT2D eigenvalue weighted by atomic mass is 10.1. The summed E-state index contributed by atoms with van der Waals surface area (Å²) in [5.41, 5.74) is 1.23. The van der Waals surface area contributed by atoms with Crippen molar-refractivity contribution in [3.8, 4) is 11.8 Å². The molecule has 0 unspecified atom stereocenters. The molecule has 0 aliphatic rings. The Morgan fingerprint density at radius 2 is 2.24 bits per heavy atom. The third-order valence-corrected chi connectivity index (χ3v) is 2.72. The number of amides is 1. The zero-order valence-corrected chi connectivity index (χ0v) is 11.2. The number of rotatable bonds is 4. The Morgan fingerprint density at radius 1 is 1.38 bits per heavy atom. The van der Waals surface area contributed by atoms with Crippen molar-refractivity contribution in [2.24, 2.45) is 0 Å². The van der Waals surface area contributed by atoms with Gasteiger partial charge in [0.25, 0.3) is 5.91 Å². The highest BCUT2D eigenvalue weighted by atomic mass is 19.1. The third kappa shape index (κ3) is 4.20. The van der Waals surface area contributed by atoms with Crippen molar-refractivity contribution in [2.45, 2.75) is 13.0 Å². The summed E-state index contributed by atoms with van der Waals surface area (Å²) >= 11 is 0. The molecule has 1 aromatic heterocycles. The van der Waals surface area contributed by atoms with Crippen molar-refractivity contribution < 1.29 is 18.7 Å². The second kappa shape index (κ2) is 7.27. The number of hydrogen-bond acceptors (Lipinski definition) is 3. The summed E-state index contributed by atoms with van der Waals surface area (Å²) in [5, 5.41) is 11.2. The normalized spacial score (nSPS) is 9.81. The first-order chi connectivity index (χ1) is 10.2. The van der Waals surface area contributed by atoms with Crippen molar-refractivity contribution in [3.05, 3.63) is 59.3 Å². The van der Waals surface area contributed by atoms with Crippen LogP contribution in [0.3, 0.4) is 0 Å². The number of furan rings is 1. The van der Waals surface area contributed by atoms with Crippen LogP contribution >= 0.6 is 0 Å². The molecule has 21 heavy (non-hydrogen) atoms. The van der Waals surface area contributed by atoms with Crippen molar-refractivity contribution in [1.29, 1.82) is 0 Å². The van der Waals surface area contributed by atoms with Gasteiger partial charge in [-0.1, -0.05) is 11.8 Å². The summed E-state index contributed by atoms with van der Waals surface area (Å²) < 4.78 is 18.8. The lowest BCUT2D eigenvalue weighted by molar-refractivity contribution is 0.0947. The van der Waals surface area contributed by atoms with E-state index in [-0.39, 0.29) is 18.7 Å². The van der Waals surface area contributed by atoms with E-state index < -0.39 is 11.7 Å². The van der Waals surface area contributed by atoms with E-state index >= 15 is 0 Å². The molecule has 2 rings (SSSR count). The molecule has 0 saturated carbocycles. The molecule has 0 aliphatic heterocycles. The van der Waals surface area contributed by atoms with Gasteiger partial charge >= 0.3 is 0 Å². The van der Waals surface area contributed by atoms with E-state index in [1.807, 2.05) is 0 Å². The summed E-state index contributed by atoms with van der Waals surface area (Å²) in [6, 6.07) is 5.89. The molecular formula is C16H14FNO3. The van der Waals surface area contributed by atoms with Crippen LogP contribution in [-0.2, 0) is 6.54 Å². The molecule has 0 atom stereocenters. The molecule has 108 valence electrons. The fraction of sp³-hybridized carbons (Fsp3) is 0.188. The van der Waals surface area contributed by atoms with Gasteiger partial charge in [0.2, 0.25) is 0 Å². The lowest BCUT2D eigenvalue weighted by Crippen LogP contribution is -2.23. The Morgan fingerprint density at radius 3 is 2.90 bits per heavy atom. The molecule has 0 saturated heterocycles. The van der Waals surface area contributed by atoms with Gasteiger partial charge in [-0.3, -0.25) is 4.79 Å². The molecule has 0 bridgehead atoms. The van der Waals surface area contributed by atoms with Crippen molar-refractivity contribution >= 4 is 5.91 Å². The monoisotopic (exact) mass is 287 g/mol. The molecular weight excluding hydrogens is 273 g/mol. The summed E-state index contributed by atoms with van der Waals surface area (Å²) in [5.74, 6) is 4.28. The summed E-state index contributed by atoms with van der Waals surface area (Å²) in [6.07, 6.45) is 3.34. The van der Waals surface area contributed by atoms with E-state index in [2.05, 4.69) is 17.2 Å². The Kier molecular flexibility index (Phi) is 5.13. The number of aliphatic hydroxyl groups is 1. The van der Waals surface area contributed by atoms with E-state index in [0.29, 0.717) is 12.0 Å². The number of halogens is 1. The van der Waals surface area contributed by atoms with Crippen LogP contribution < -0.4 is 5.32 Å². The quantitative estimate of drug-likeness (QED) is 0.846. The van der Waals surface area contributed by atoms with E-state index in [9.17, 15) is 9.18 Å². The average Bonchev–Trinajstić information content (AvgIpc) is 2.98. The minimum absolute atomic E-state index is 0.0359. The summed E-state index contributed by atoms with van der Waals surface area (Å²) in [7, 11) is 0. The first-order valence-electron chi connectivity index (χ1n) is 6.39. The molecule has 2 N–H and O–H groups in total. The minimum atomic E-state index is -0.629. The SMILES string of the molecule is O=C(NCc1ccoc1)c1ccc(C#CCCO)cc1F. The number of nitrogens with one attached hydrogen (secondary N) is 1. The molecule has 1 amide bonds. The molecule has 0 aliphatic carbocycles. The second-order valence-corrected chi connectivity index (χ2v) is 4.28. The Labute approximate surface area is 121 Å². The topological polar surface area (TPSA) is 62.5 Å². The molecule has 0 fully saturated rings. The van der Waals surface area contributed by atoms with Gasteiger partial charge in [0.05, 0.1) is 24.7 Å². The maximum Gasteiger partial charge on any atom is 0.254 e.